The molecule has 0 aromatic heterocycles. The van der Waals surface area contributed by atoms with E-state index < -0.39 is 6.29 Å². The summed E-state index contributed by atoms with van der Waals surface area (Å²) in [5.41, 5.74) is 0. The van der Waals surface area contributed by atoms with Gasteiger partial charge in [-0.1, -0.05) is 27.2 Å². The van der Waals surface area contributed by atoms with E-state index in [-0.39, 0.29) is 12.1 Å². The predicted octanol–water partition coefficient (Wildman–Crippen LogP) is 2.90. The number of carbonyl (C=O) groups excluding carboxylic acids is 1. The zero-order valence-corrected chi connectivity index (χ0v) is 10.9. The van der Waals surface area contributed by atoms with E-state index in [1.165, 1.54) is 18.9 Å². The zero-order chi connectivity index (χ0) is 12.4. The minimum absolute atomic E-state index is 0.222. The summed E-state index contributed by atoms with van der Waals surface area (Å²) in [6.45, 7) is 6.75. The van der Waals surface area contributed by atoms with Gasteiger partial charge in [0.15, 0.2) is 0 Å². The summed E-state index contributed by atoms with van der Waals surface area (Å²) in [6.07, 6.45) is 6.49. The molecule has 0 aromatic carbocycles. The van der Waals surface area contributed by atoms with Crippen molar-refractivity contribution in [3.8, 4) is 0 Å². The summed E-state index contributed by atoms with van der Waals surface area (Å²) in [4.78, 5) is 11.0. The van der Waals surface area contributed by atoms with Crippen LogP contribution in [0.1, 0.15) is 40.0 Å². The monoisotopic (exact) mass is 238 g/mol. The highest BCUT2D eigenvalue weighted by molar-refractivity contribution is 5.84. The van der Waals surface area contributed by atoms with Crippen LogP contribution in [-0.4, -0.2) is 18.4 Å². The first-order chi connectivity index (χ1) is 8.06. The number of rotatable bonds is 3. The average molecular weight is 238 g/mol. The lowest BCUT2D eigenvalue weighted by Gasteiger charge is -2.37. The zero-order valence-electron chi connectivity index (χ0n) is 10.9. The third-order valence-electron chi connectivity index (χ3n) is 3.89. The molecule has 1 saturated carbocycles. The van der Waals surface area contributed by atoms with Crippen LogP contribution >= 0.6 is 0 Å². The van der Waals surface area contributed by atoms with E-state index in [9.17, 15) is 4.79 Å². The van der Waals surface area contributed by atoms with E-state index in [0.717, 1.165) is 6.42 Å². The molecule has 1 fully saturated rings. The van der Waals surface area contributed by atoms with Crippen molar-refractivity contribution in [1.29, 1.82) is 0 Å². The molecule has 0 N–H and O–H groups in total. The van der Waals surface area contributed by atoms with Crippen molar-refractivity contribution in [3.63, 3.8) is 0 Å². The minimum atomic E-state index is -0.459. The maximum absolute atomic E-state index is 11.0. The van der Waals surface area contributed by atoms with Gasteiger partial charge < -0.3 is 9.47 Å². The topological polar surface area (TPSA) is 35.5 Å². The molecule has 1 aliphatic heterocycles. The minimum Gasteiger partial charge on any atom is -0.429 e. The van der Waals surface area contributed by atoms with E-state index in [0.29, 0.717) is 17.8 Å². The molecule has 1 aliphatic carbocycles. The van der Waals surface area contributed by atoms with E-state index >= 15 is 0 Å². The van der Waals surface area contributed by atoms with Gasteiger partial charge in [-0.25, -0.2) is 4.79 Å². The van der Waals surface area contributed by atoms with Gasteiger partial charge in [-0.05, 0) is 36.7 Å². The van der Waals surface area contributed by atoms with Gasteiger partial charge in [0.25, 0.3) is 0 Å². The van der Waals surface area contributed by atoms with Crippen LogP contribution in [0.25, 0.3) is 0 Å². The van der Waals surface area contributed by atoms with Crippen LogP contribution in [-0.2, 0) is 14.3 Å². The van der Waals surface area contributed by atoms with Gasteiger partial charge >= 0.3 is 5.97 Å². The van der Waals surface area contributed by atoms with Crippen LogP contribution < -0.4 is 0 Å². The third-order valence-corrected chi connectivity index (χ3v) is 3.89. The molecule has 17 heavy (non-hydrogen) atoms. The summed E-state index contributed by atoms with van der Waals surface area (Å²) in [5.74, 6) is 1.61. The first-order valence-corrected chi connectivity index (χ1v) is 6.60. The highest BCUT2D eigenvalue weighted by Gasteiger charge is 2.34. The number of ether oxygens (including phenoxy) is 2. The van der Waals surface area contributed by atoms with Crippen LogP contribution in [0.4, 0.5) is 0 Å². The molecular formula is C14H22O3. The predicted molar refractivity (Wildman–Crippen MR) is 65.2 cm³/mol. The Morgan fingerprint density at radius 1 is 1.41 bits per heavy atom. The summed E-state index contributed by atoms with van der Waals surface area (Å²) >= 11 is 0. The Hall–Kier alpha value is -0.830. The van der Waals surface area contributed by atoms with Gasteiger partial charge in [0.1, 0.15) is 0 Å². The highest BCUT2D eigenvalue weighted by Crippen LogP contribution is 2.36. The molecule has 0 aromatic rings. The Kier molecular flexibility index (Phi) is 3.87. The van der Waals surface area contributed by atoms with Gasteiger partial charge in [0.05, 0.1) is 6.10 Å². The highest BCUT2D eigenvalue weighted by atomic mass is 16.7. The smallest absolute Gasteiger partial charge is 0.333 e. The number of esters is 1. The molecular weight excluding hydrogens is 216 g/mol. The van der Waals surface area contributed by atoms with Crippen LogP contribution in [0.15, 0.2) is 12.2 Å². The lowest BCUT2D eigenvalue weighted by Crippen LogP contribution is -2.36. The first-order valence-electron chi connectivity index (χ1n) is 6.60. The van der Waals surface area contributed by atoms with Crippen LogP contribution in [0, 0.1) is 17.8 Å². The molecule has 0 bridgehead atoms. The maximum atomic E-state index is 11.0. The molecule has 0 radical (unpaired) electrons. The standard InChI is InChI=1S/C14H22O3/c1-9(2)11-5-4-10(3)8-12(11)16-14-7-6-13(15)17-14/h6-7,9-12,14H,4-5,8H2,1-3H3/t10?,11?,12?,14-/m0/s1. The molecule has 4 atom stereocenters. The van der Waals surface area contributed by atoms with Gasteiger partial charge in [-0.3, -0.25) is 0 Å². The van der Waals surface area contributed by atoms with Crippen molar-refractivity contribution >= 4 is 5.97 Å². The molecule has 2 rings (SSSR count). The number of hydrogen-bond donors (Lipinski definition) is 0. The Labute approximate surface area is 103 Å². The molecule has 3 unspecified atom stereocenters. The van der Waals surface area contributed by atoms with Gasteiger partial charge in [-0.2, -0.15) is 0 Å². The largest absolute Gasteiger partial charge is 0.429 e. The van der Waals surface area contributed by atoms with E-state index in [4.69, 9.17) is 9.47 Å². The number of cyclic esters (lactones) is 1. The van der Waals surface area contributed by atoms with Crippen molar-refractivity contribution in [2.45, 2.75) is 52.4 Å². The molecule has 0 spiro atoms. The summed E-state index contributed by atoms with van der Waals surface area (Å²) in [5, 5.41) is 0. The quantitative estimate of drug-likeness (QED) is 0.709. The lowest BCUT2D eigenvalue weighted by molar-refractivity contribution is -0.178. The summed E-state index contributed by atoms with van der Waals surface area (Å²) in [7, 11) is 0. The number of hydrogen-bond acceptors (Lipinski definition) is 3. The average Bonchev–Trinajstić information content (AvgIpc) is 2.63. The second-order valence-corrected chi connectivity index (χ2v) is 5.67. The van der Waals surface area contributed by atoms with Crippen molar-refractivity contribution in [2.24, 2.45) is 17.8 Å². The van der Waals surface area contributed by atoms with Crippen molar-refractivity contribution < 1.29 is 14.3 Å². The van der Waals surface area contributed by atoms with E-state index in [1.54, 1.807) is 6.08 Å². The van der Waals surface area contributed by atoms with Gasteiger partial charge in [0.2, 0.25) is 6.29 Å². The Balaban J connectivity index is 1.95. The Morgan fingerprint density at radius 2 is 2.18 bits per heavy atom. The van der Waals surface area contributed by atoms with Crippen LogP contribution in [0.5, 0.6) is 0 Å². The first kappa shape index (κ1) is 12.6. The third kappa shape index (κ3) is 3.09. The summed E-state index contributed by atoms with van der Waals surface area (Å²) < 4.78 is 11.0. The van der Waals surface area contributed by atoms with Crippen LogP contribution in [0.2, 0.25) is 0 Å². The molecule has 0 saturated heterocycles. The molecule has 1 heterocycles. The second kappa shape index (κ2) is 5.21. The number of carbonyl (C=O) groups is 1. The SMILES string of the molecule is CC1CCC(C(C)C)C(O[C@@H]2C=CC(=O)O2)C1. The normalized spacial score (nSPS) is 37.5. The molecule has 96 valence electrons. The molecule has 3 nitrogen and oxygen atoms in total. The fourth-order valence-electron chi connectivity index (χ4n) is 2.87. The fraction of sp³-hybridized carbons (Fsp3) is 0.786. The maximum Gasteiger partial charge on any atom is 0.333 e. The lowest BCUT2D eigenvalue weighted by atomic mass is 9.75. The second-order valence-electron chi connectivity index (χ2n) is 5.67. The molecule has 3 heteroatoms. The van der Waals surface area contributed by atoms with Crippen molar-refractivity contribution in [3.05, 3.63) is 12.2 Å². The molecule has 0 amide bonds. The van der Waals surface area contributed by atoms with Gasteiger partial charge in [-0.15, -0.1) is 0 Å². The van der Waals surface area contributed by atoms with E-state index in [2.05, 4.69) is 20.8 Å². The van der Waals surface area contributed by atoms with Gasteiger partial charge in [0, 0.05) is 6.08 Å². The van der Waals surface area contributed by atoms with Crippen LogP contribution in [0.3, 0.4) is 0 Å². The van der Waals surface area contributed by atoms with Crippen molar-refractivity contribution in [1.82, 2.24) is 0 Å². The Bertz CT molecular complexity index is 309. The Morgan fingerprint density at radius 3 is 2.76 bits per heavy atom. The van der Waals surface area contributed by atoms with E-state index in [1.807, 2.05) is 0 Å². The summed E-state index contributed by atoms with van der Waals surface area (Å²) in [6, 6.07) is 0. The fourth-order valence-corrected chi connectivity index (χ4v) is 2.87. The molecule has 2 aliphatic rings. The van der Waals surface area contributed by atoms with Crippen molar-refractivity contribution in [2.75, 3.05) is 0 Å².